The maximum Gasteiger partial charge on any atom is 0.258 e. The molecule has 25 heavy (non-hydrogen) atoms. The van der Waals surface area contributed by atoms with E-state index in [4.69, 9.17) is 4.52 Å². The molecule has 0 spiro atoms. The molecule has 1 saturated carbocycles. The van der Waals surface area contributed by atoms with Gasteiger partial charge in [0.2, 0.25) is 5.82 Å². The number of nitrogens with zero attached hydrogens (tertiary/aromatic N) is 5. The zero-order chi connectivity index (χ0) is 16.6. The van der Waals surface area contributed by atoms with Crippen molar-refractivity contribution in [2.75, 3.05) is 0 Å². The SMILES string of the molecule is c1ccc(-c2noc(-c3ccc4c(c3)nnn4C3CCCC3)n2)cc1. The van der Waals surface area contributed by atoms with Crippen LogP contribution in [0.3, 0.4) is 0 Å². The second kappa shape index (κ2) is 5.81. The predicted octanol–water partition coefficient (Wildman–Crippen LogP) is 4.26. The molecule has 2 aromatic heterocycles. The number of hydrogen-bond donors (Lipinski definition) is 0. The van der Waals surface area contributed by atoms with E-state index in [0.29, 0.717) is 17.8 Å². The molecule has 124 valence electrons. The van der Waals surface area contributed by atoms with Crippen LogP contribution in [0.25, 0.3) is 33.9 Å². The van der Waals surface area contributed by atoms with Gasteiger partial charge in [-0.25, -0.2) is 4.68 Å². The van der Waals surface area contributed by atoms with Crippen molar-refractivity contribution in [2.24, 2.45) is 0 Å². The van der Waals surface area contributed by atoms with E-state index in [9.17, 15) is 0 Å². The van der Waals surface area contributed by atoms with Crippen molar-refractivity contribution in [3.05, 3.63) is 48.5 Å². The second-order valence-corrected chi connectivity index (χ2v) is 6.46. The zero-order valence-corrected chi connectivity index (χ0v) is 13.7. The van der Waals surface area contributed by atoms with Gasteiger partial charge in [0, 0.05) is 11.1 Å². The zero-order valence-electron chi connectivity index (χ0n) is 13.7. The molecule has 2 aromatic carbocycles. The molecular formula is C19H17N5O. The van der Waals surface area contributed by atoms with Crippen molar-refractivity contribution in [2.45, 2.75) is 31.7 Å². The van der Waals surface area contributed by atoms with Gasteiger partial charge in [-0.05, 0) is 31.0 Å². The fourth-order valence-corrected chi connectivity index (χ4v) is 3.54. The monoisotopic (exact) mass is 331 g/mol. The van der Waals surface area contributed by atoms with Crippen LogP contribution >= 0.6 is 0 Å². The first-order valence-electron chi connectivity index (χ1n) is 8.63. The fraction of sp³-hybridized carbons (Fsp3) is 0.263. The van der Waals surface area contributed by atoms with Crippen LogP contribution in [0, 0.1) is 0 Å². The van der Waals surface area contributed by atoms with Crippen molar-refractivity contribution in [3.63, 3.8) is 0 Å². The fourth-order valence-electron chi connectivity index (χ4n) is 3.54. The molecule has 0 saturated heterocycles. The highest BCUT2D eigenvalue weighted by Gasteiger charge is 2.20. The summed E-state index contributed by atoms with van der Waals surface area (Å²) < 4.78 is 7.51. The molecule has 6 nitrogen and oxygen atoms in total. The molecule has 0 aliphatic heterocycles. The van der Waals surface area contributed by atoms with Gasteiger partial charge in [0.15, 0.2) is 0 Å². The Morgan fingerprint density at radius 3 is 2.64 bits per heavy atom. The second-order valence-electron chi connectivity index (χ2n) is 6.46. The van der Waals surface area contributed by atoms with Gasteiger partial charge in [-0.3, -0.25) is 0 Å². The summed E-state index contributed by atoms with van der Waals surface area (Å²) in [5.41, 5.74) is 3.73. The topological polar surface area (TPSA) is 69.6 Å². The Bertz CT molecular complexity index is 1010. The first-order valence-corrected chi connectivity index (χ1v) is 8.63. The lowest BCUT2D eigenvalue weighted by Crippen LogP contribution is -2.06. The van der Waals surface area contributed by atoms with Gasteiger partial charge in [0.05, 0.1) is 11.6 Å². The molecule has 1 fully saturated rings. The standard InChI is InChI=1S/C19H17N5O/c1-2-6-13(7-3-1)18-20-19(25-22-18)14-10-11-17-16(12-14)21-23-24(17)15-8-4-5-9-15/h1-3,6-7,10-12,15H,4-5,8-9H2. The maximum absolute atomic E-state index is 5.44. The molecule has 0 amide bonds. The Labute approximate surface area is 144 Å². The summed E-state index contributed by atoms with van der Waals surface area (Å²) in [6.45, 7) is 0. The lowest BCUT2D eigenvalue weighted by atomic mass is 10.2. The summed E-state index contributed by atoms with van der Waals surface area (Å²) in [6, 6.07) is 16.3. The van der Waals surface area contributed by atoms with Crippen LogP contribution in [-0.2, 0) is 0 Å². The van der Waals surface area contributed by atoms with Crippen molar-refractivity contribution >= 4 is 11.0 Å². The van der Waals surface area contributed by atoms with Gasteiger partial charge in [-0.15, -0.1) is 5.10 Å². The molecular weight excluding hydrogens is 314 g/mol. The van der Waals surface area contributed by atoms with E-state index in [0.717, 1.165) is 22.2 Å². The first-order chi connectivity index (χ1) is 12.4. The van der Waals surface area contributed by atoms with Crippen LogP contribution < -0.4 is 0 Å². The number of fused-ring (bicyclic) bond motifs is 1. The van der Waals surface area contributed by atoms with Crippen LogP contribution in [0.1, 0.15) is 31.7 Å². The van der Waals surface area contributed by atoms with Gasteiger partial charge in [-0.2, -0.15) is 4.98 Å². The van der Waals surface area contributed by atoms with Crippen LogP contribution in [0.15, 0.2) is 53.1 Å². The quantitative estimate of drug-likeness (QED) is 0.561. The number of benzene rings is 2. The molecule has 4 aromatic rings. The summed E-state index contributed by atoms with van der Waals surface area (Å²) in [4.78, 5) is 4.51. The Hall–Kier alpha value is -3.02. The third kappa shape index (κ3) is 2.50. The predicted molar refractivity (Wildman–Crippen MR) is 93.8 cm³/mol. The molecule has 5 rings (SSSR count). The van der Waals surface area contributed by atoms with Gasteiger partial charge < -0.3 is 4.52 Å². The van der Waals surface area contributed by atoms with E-state index in [1.54, 1.807) is 0 Å². The van der Waals surface area contributed by atoms with Crippen LogP contribution in [0.4, 0.5) is 0 Å². The Kier molecular flexibility index (Phi) is 3.33. The molecule has 2 heterocycles. The van der Waals surface area contributed by atoms with Crippen molar-refractivity contribution in [3.8, 4) is 22.8 Å². The average molecular weight is 331 g/mol. The molecule has 0 N–H and O–H groups in total. The maximum atomic E-state index is 5.44. The van der Waals surface area contributed by atoms with Gasteiger partial charge in [-0.1, -0.05) is 53.5 Å². The lowest BCUT2D eigenvalue weighted by molar-refractivity contribution is 0.432. The average Bonchev–Trinajstić information content (AvgIpc) is 3.41. The highest BCUT2D eigenvalue weighted by Crippen LogP contribution is 2.32. The minimum Gasteiger partial charge on any atom is -0.334 e. The van der Waals surface area contributed by atoms with E-state index in [1.807, 2.05) is 42.5 Å². The molecule has 0 radical (unpaired) electrons. The number of aromatic nitrogens is 5. The number of hydrogen-bond acceptors (Lipinski definition) is 5. The normalized spacial score (nSPS) is 15.2. The van der Waals surface area contributed by atoms with E-state index >= 15 is 0 Å². The van der Waals surface area contributed by atoms with Crippen molar-refractivity contribution in [1.82, 2.24) is 25.1 Å². The highest BCUT2D eigenvalue weighted by molar-refractivity contribution is 5.80. The molecule has 1 aliphatic rings. The summed E-state index contributed by atoms with van der Waals surface area (Å²) >= 11 is 0. The molecule has 1 aliphatic carbocycles. The summed E-state index contributed by atoms with van der Waals surface area (Å²) in [5.74, 6) is 1.08. The number of rotatable bonds is 3. The van der Waals surface area contributed by atoms with Gasteiger partial charge >= 0.3 is 0 Å². The van der Waals surface area contributed by atoms with E-state index in [1.165, 1.54) is 25.7 Å². The molecule has 0 unspecified atom stereocenters. The smallest absolute Gasteiger partial charge is 0.258 e. The first kappa shape index (κ1) is 14.3. The van der Waals surface area contributed by atoms with E-state index in [-0.39, 0.29) is 0 Å². The lowest BCUT2D eigenvalue weighted by Gasteiger charge is -2.09. The third-order valence-electron chi connectivity index (χ3n) is 4.85. The summed E-state index contributed by atoms with van der Waals surface area (Å²) in [5, 5.41) is 12.8. The van der Waals surface area contributed by atoms with Crippen molar-refractivity contribution < 1.29 is 4.52 Å². The van der Waals surface area contributed by atoms with Crippen LogP contribution in [0.5, 0.6) is 0 Å². The largest absolute Gasteiger partial charge is 0.334 e. The highest BCUT2D eigenvalue weighted by atomic mass is 16.5. The third-order valence-corrected chi connectivity index (χ3v) is 4.85. The van der Waals surface area contributed by atoms with E-state index < -0.39 is 0 Å². The van der Waals surface area contributed by atoms with Crippen LogP contribution in [-0.4, -0.2) is 25.1 Å². The van der Waals surface area contributed by atoms with Crippen molar-refractivity contribution in [1.29, 1.82) is 0 Å². The summed E-state index contributed by atoms with van der Waals surface area (Å²) in [6.07, 6.45) is 4.91. The Morgan fingerprint density at radius 1 is 0.960 bits per heavy atom. The molecule has 0 atom stereocenters. The minimum absolute atomic E-state index is 0.476. The van der Waals surface area contributed by atoms with Gasteiger partial charge in [0.25, 0.3) is 5.89 Å². The molecule has 6 heteroatoms. The Balaban J connectivity index is 1.50. The Morgan fingerprint density at radius 2 is 1.80 bits per heavy atom. The summed E-state index contributed by atoms with van der Waals surface area (Å²) in [7, 11) is 0. The van der Waals surface area contributed by atoms with Crippen LogP contribution in [0.2, 0.25) is 0 Å². The minimum atomic E-state index is 0.476. The van der Waals surface area contributed by atoms with Gasteiger partial charge in [0.1, 0.15) is 5.52 Å². The van der Waals surface area contributed by atoms with E-state index in [2.05, 4.69) is 31.2 Å². The molecule has 0 bridgehead atoms.